The van der Waals surface area contributed by atoms with Gasteiger partial charge in [0.1, 0.15) is 5.75 Å². The van der Waals surface area contributed by atoms with Gasteiger partial charge in [-0.05, 0) is 34.7 Å². The van der Waals surface area contributed by atoms with Gasteiger partial charge in [-0.3, -0.25) is 9.69 Å². The zero-order valence-electron chi connectivity index (χ0n) is 17.0. The fourth-order valence-corrected chi connectivity index (χ4v) is 4.15. The predicted molar refractivity (Wildman–Crippen MR) is 118 cm³/mol. The first-order chi connectivity index (χ1) is 13.4. The lowest BCUT2D eigenvalue weighted by molar-refractivity contribution is -0.118. The minimum atomic E-state index is -0.137. The molecule has 1 fully saturated rings. The molecule has 1 aliphatic heterocycles. The van der Waals surface area contributed by atoms with Crippen molar-refractivity contribution in [2.75, 3.05) is 36.5 Å². The first kappa shape index (κ1) is 20.7. The molecule has 0 spiro atoms. The summed E-state index contributed by atoms with van der Waals surface area (Å²) in [6.07, 6.45) is 0. The number of rotatable bonds is 6. The van der Waals surface area contributed by atoms with E-state index < -0.39 is 0 Å². The second-order valence-electron chi connectivity index (χ2n) is 8.16. The van der Waals surface area contributed by atoms with Gasteiger partial charge in [0.05, 0.1) is 0 Å². The molecular weight excluding hydrogens is 368 g/mol. The van der Waals surface area contributed by atoms with E-state index in [1.54, 1.807) is 0 Å². The van der Waals surface area contributed by atoms with E-state index in [4.69, 9.17) is 4.74 Å². The van der Waals surface area contributed by atoms with Crippen molar-refractivity contribution in [1.29, 1.82) is 0 Å². The number of carbonyl (C=O) groups is 1. The van der Waals surface area contributed by atoms with Crippen LogP contribution in [0, 0.1) is 0 Å². The van der Waals surface area contributed by atoms with Crippen LogP contribution in [0.2, 0.25) is 0 Å². The zero-order chi connectivity index (χ0) is 20.0. The molecule has 0 bridgehead atoms. The topological polar surface area (TPSA) is 41.6 Å². The Bertz CT molecular complexity index is 778. The number of nitrogens with one attached hydrogen (secondary N) is 1. The normalized spacial score (nSPS) is 15.2. The molecule has 2 aromatic carbocycles. The molecule has 0 unspecified atom stereocenters. The van der Waals surface area contributed by atoms with Gasteiger partial charge in [-0.1, -0.05) is 51.1 Å². The molecule has 0 radical (unpaired) electrons. The zero-order valence-corrected chi connectivity index (χ0v) is 17.8. The fourth-order valence-electron chi connectivity index (χ4n) is 3.17. The van der Waals surface area contributed by atoms with Crippen molar-refractivity contribution < 1.29 is 9.53 Å². The predicted octanol–water partition coefficient (Wildman–Crippen LogP) is 4.55. The van der Waals surface area contributed by atoms with Crippen LogP contribution >= 0.6 is 11.8 Å². The molecule has 1 amide bonds. The molecule has 2 aromatic rings. The summed E-state index contributed by atoms with van der Waals surface area (Å²) in [7, 11) is 0. The molecule has 5 heteroatoms. The number of nitrogens with zero attached hydrogens (tertiary/aromatic N) is 1. The van der Waals surface area contributed by atoms with Crippen molar-refractivity contribution in [3.05, 3.63) is 59.7 Å². The minimum Gasteiger partial charge on any atom is -0.484 e. The standard InChI is InChI=1S/C23H30N2O2S/c1-23(2,3)19-8-10-20(11-9-19)27-17-22(26)24-21-7-5-4-6-18(21)16-25-12-14-28-15-13-25/h4-11H,12-17H2,1-3H3,(H,24,26). The molecule has 1 N–H and O–H groups in total. The Hall–Kier alpha value is -1.98. The summed E-state index contributed by atoms with van der Waals surface area (Å²) in [4.78, 5) is 14.8. The molecule has 28 heavy (non-hydrogen) atoms. The SMILES string of the molecule is CC(C)(C)c1ccc(OCC(=O)Nc2ccccc2CN2CCSCC2)cc1. The van der Waals surface area contributed by atoms with Crippen LogP contribution in [0.4, 0.5) is 5.69 Å². The van der Waals surface area contributed by atoms with Gasteiger partial charge in [0.25, 0.3) is 5.91 Å². The molecule has 0 atom stereocenters. The van der Waals surface area contributed by atoms with Crippen LogP contribution in [-0.2, 0) is 16.8 Å². The Morgan fingerprint density at radius 1 is 1.07 bits per heavy atom. The number of benzene rings is 2. The van der Waals surface area contributed by atoms with Gasteiger partial charge >= 0.3 is 0 Å². The number of anilines is 1. The summed E-state index contributed by atoms with van der Waals surface area (Å²) in [6.45, 7) is 9.60. The third-order valence-electron chi connectivity index (χ3n) is 4.88. The second kappa shape index (κ2) is 9.48. The molecule has 1 saturated heterocycles. The number of hydrogen-bond donors (Lipinski definition) is 1. The molecule has 1 aliphatic rings. The Morgan fingerprint density at radius 2 is 1.75 bits per heavy atom. The van der Waals surface area contributed by atoms with E-state index in [1.807, 2.05) is 42.1 Å². The van der Waals surface area contributed by atoms with E-state index in [0.29, 0.717) is 5.75 Å². The third kappa shape index (κ3) is 6.01. The van der Waals surface area contributed by atoms with Crippen LogP contribution in [0.15, 0.2) is 48.5 Å². The van der Waals surface area contributed by atoms with Crippen molar-refractivity contribution in [3.8, 4) is 5.75 Å². The van der Waals surface area contributed by atoms with Crippen LogP contribution in [0.25, 0.3) is 0 Å². The maximum absolute atomic E-state index is 12.4. The van der Waals surface area contributed by atoms with Crippen molar-refractivity contribution in [3.63, 3.8) is 0 Å². The number of ether oxygens (including phenoxy) is 1. The quantitative estimate of drug-likeness (QED) is 0.775. The monoisotopic (exact) mass is 398 g/mol. The van der Waals surface area contributed by atoms with Gasteiger partial charge < -0.3 is 10.1 Å². The second-order valence-corrected chi connectivity index (χ2v) is 9.38. The largest absolute Gasteiger partial charge is 0.484 e. The van der Waals surface area contributed by atoms with Crippen molar-refractivity contribution >= 4 is 23.4 Å². The van der Waals surface area contributed by atoms with E-state index in [1.165, 1.54) is 17.1 Å². The highest BCUT2D eigenvalue weighted by molar-refractivity contribution is 7.99. The van der Waals surface area contributed by atoms with Crippen molar-refractivity contribution in [2.24, 2.45) is 0 Å². The van der Waals surface area contributed by atoms with Gasteiger partial charge in [-0.2, -0.15) is 11.8 Å². The summed E-state index contributed by atoms with van der Waals surface area (Å²) >= 11 is 2.00. The fraction of sp³-hybridized carbons (Fsp3) is 0.435. The first-order valence-electron chi connectivity index (χ1n) is 9.83. The molecule has 150 valence electrons. The molecule has 4 nitrogen and oxygen atoms in total. The van der Waals surface area contributed by atoms with Gasteiger partial charge in [0.15, 0.2) is 6.61 Å². The molecule has 0 aliphatic carbocycles. The molecule has 0 aromatic heterocycles. The van der Waals surface area contributed by atoms with Crippen molar-refractivity contribution in [1.82, 2.24) is 4.90 Å². The maximum atomic E-state index is 12.4. The van der Waals surface area contributed by atoms with E-state index >= 15 is 0 Å². The lowest BCUT2D eigenvalue weighted by atomic mass is 9.87. The summed E-state index contributed by atoms with van der Waals surface area (Å²) in [5, 5.41) is 3.01. The van der Waals surface area contributed by atoms with E-state index in [9.17, 15) is 4.79 Å². The first-order valence-corrected chi connectivity index (χ1v) is 11.0. The Kier molecular flexibility index (Phi) is 7.03. The lowest BCUT2D eigenvalue weighted by Crippen LogP contribution is -2.32. The number of thioether (sulfide) groups is 1. The highest BCUT2D eigenvalue weighted by atomic mass is 32.2. The van der Waals surface area contributed by atoms with Gasteiger partial charge in [0, 0.05) is 36.8 Å². The van der Waals surface area contributed by atoms with Crippen molar-refractivity contribution in [2.45, 2.75) is 32.7 Å². The smallest absolute Gasteiger partial charge is 0.262 e. The molecule has 1 heterocycles. The van der Waals surface area contributed by atoms with Crippen LogP contribution in [0.3, 0.4) is 0 Å². The van der Waals surface area contributed by atoms with Crippen LogP contribution in [0.5, 0.6) is 5.75 Å². The summed E-state index contributed by atoms with van der Waals surface area (Å²) in [5.74, 6) is 2.93. The van der Waals surface area contributed by atoms with Crippen LogP contribution < -0.4 is 10.1 Å². The van der Waals surface area contributed by atoms with Crippen LogP contribution in [-0.4, -0.2) is 42.0 Å². The van der Waals surface area contributed by atoms with E-state index in [0.717, 1.165) is 30.9 Å². The third-order valence-corrected chi connectivity index (χ3v) is 5.82. The molecule has 3 rings (SSSR count). The van der Waals surface area contributed by atoms with Gasteiger partial charge in [-0.25, -0.2) is 0 Å². The molecule has 0 saturated carbocycles. The lowest BCUT2D eigenvalue weighted by Gasteiger charge is -2.27. The summed E-state index contributed by atoms with van der Waals surface area (Å²) in [5.41, 5.74) is 3.37. The van der Waals surface area contributed by atoms with E-state index in [-0.39, 0.29) is 17.9 Å². The Labute approximate surface area is 172 Å². The summed E-state index contributed by atoms with van der Waals surface area (Å²) in [6, 6.07) is 16.0. The number of amides is 1. The number of carbonyl (C=O) groups excluding carboxylic acids is 1. The summed E-state index contributed by atoms with van der Waals surface area (Å²) < 4.78 is 5.67. The van der Waals surface area contributed by atoms with Gasteiger partial charge in [-0.15, -0.1) is 0 Å². The number of para-hydroxylation sites is 1. The Morgan fingerprint density at radius 3 is 2.43 bits per heavy atom. The van der Waals surface area contributed by atoms with Crippen LogP contribution in [0.1, 0.15) is 31.9 Å². The Balaban J connectivity index is 1.54. The average Bonchev–Trinajstić information content (AvgIpc) is 2.68. The average molecular weight is 399 g/mol. The highest BCUT2D eigenvalue weighted by Gasteiger charge is 2.15. The minimum absolute atomic E-state index is 0.00352. The molecular formula is C23H30N2O2S. The van der Waals surface area contributed by atoms with Gasteiger partial charge in [0.2, 0.25) is 0 Å². The highest BCUT2D eigenvalue weighted by Crippen LogP contribution is 2.24. The van der Waals surface area contributed by atoms with E-state index in [2.05, 4.69) is 49.2 Å². The number of hydrogen-bond acceptors (Lipinski definition) is 4. The maximum Gasteiger partial charge on any atom is 0.262 e.